The molecule has 0 heterocycles. The van der Waals surface area contributed by atoms with Gasteiger partial charge in [-0.3, -0.25) is 37.3 Å². The predicted molar refractivity (Wildman–Crippen MR) is 381 cm³/mol. The topological polar surface area (TPSA) is 237 Å². The summed E-state index contributed by atoms with van der Waals surface area (Å²) in [6, 6.07) is 0. The first kappa shape index (κ1) is 90.8. The van der Waals surface area contributed by atoms with Crippen LogP contribution >= 0.6 is 15.6 Å². The van der Waals surface area contributed by atoms with Crippen molar-refractivity contribution in [2.75, 3.05) is 39.6 Å². The van der Waals surface area contributed by atoms with Crippen LogP contribution in [0.1, 0.15) is 336 Å². The highest BCUT2D eigenvalue weighted by molar-refractivity contribution is 7.47. The summed E-state index contributed by atoms with van der Waals surface area (Å²) in [5.74, 6) is -2.20. The molecule has 0 aromatic heterocycles. The van der Waals surface area contributed by atoms with Crippen LogP contribution in [-0.4, -0.2) is 96.7 Å². The third-order valence-electron chi connectivity index (χ3n) is 16.0. The van der Waals surface area contributed by atoms with Crippen LogP contribution in [0.15, 0.2) is 60.8 Å². The van der Waals surface area contributed by atoms with Crippen LogP contribution in [0.5, 0.6) is 0 Å². The zero-order valence-electron chi connectivity index (χ0n) is 59.6. The van der Waals surface area contributed by atoms with Gasteiger partial charge in [0.05, 0.1) is 26.4 Å². The number of allylic oxidation sites excluding steroid dienone is 10. The highest BCUT2D eigenvalue weighted by Gasteiger charge is 2.30. The molecule has 17 nitrogen and oxygen atoms in total. The van der Waals surface area contributed by atoms with Crippen molar-refractivity contribution in [1.82, 2.24) is 0 Å². The number of hydrogen-bond acceptors (Lipinski definition) is 15. The van der Waals surface area contributed by atoms with Crippen molar-refractivity contribution in [2.45, 2.75) is 354 Å². The van der Waals surface area contributed by atoms with Crippen LogP contribution in [-0.2, 0) is 65.4 Å². The molecule has 0 rings (SSSR count). The number of carbonyl (C=O) groups is 4. The molecular weight excluding hydrogens is 1230 g/mol. The Bertz CT molecular complexity index is 2030. The minimum absolute atomic E-state index is 0.0910. The molecule has 0 aromatic carbocycles. The number of rotatable bonds is 71. The fourth-order valence-electron chi connectivity index (χ4n) is 10.3. The molecule has 19 heteroatoms. The Morgan fingerprint density at radius 1 is 0.309 bits per heavy atom. The molecule has 0 spiro atoms. The summed E-state index contributed by atoms with van der Waals surface area (Å²) in [6.45, 7) is 4.73. The summed E-state index contributed by atoms with van der Waals surface area (Å²) < 4.78 is 68.3. The Hall–Kier alpha value is -3.24. The van der Waals surface area contributed by atoms with E-state index in [2.05, 4.69) is 88.5 Å². The lowest BCUT2D eigenvalue weighted by molar-refractivity contribution is -0.161. The smallest absolute Gasteiger partial charge is 0.462 e. The van der Waals surface area contributed by atoms with Crippen molar-refractivity contribution in [3.8, 4) is 0 Å². The third kappa shape index (κ3) is 67.3. The van der Waals surface area contributed by atoms with Crippen LogP contribution in [0.4, 0.5) is 0 Å². The normalized spacial score (nSPS) is 14.3. The summed E-state index contributed by atoms with van der Waals surface area (Å²) in [4.78, 5) is 72.7. The monoisotopic (exact) mass is 1370 g/mol. The molecule has 94 heavy (non-hydrogen) atoms. The number of phosphoric acid groups is 2. The van der Waals surface area contributed by atoms with Gasteiger partial charge in [0.25, 0.3) is 0 Å². The van der Waals surface area contributed by atoms with Gasteiger partial charge in [-0.05, 0) is 89.9 Å². The molecule has 0 bridgehead atoms. The first-order chi connectivity index (χ1) is 45.7. The van der Waals surface area contributed by atoms with Crippen molar-refractivity contribution in [1.29, 1.82) is 0 Å². The molecular formula is C75H136O17P2. The Balaban J connectivity index is 5.32. The van der Waals surface area contributed by atoms with Crippen LogP contribution in [0.2, 0.25) is 0 Å². The molecule has 5 unspecified atom stereocenters. The molecule has 0 radical (unpaired) electrons. The van der Waals surface area contributed by atoms with E-state index in [0.717, 1.165) is 128 Å². The largest absolute Gasteiger partial charge is 0.472 e. The Kier molecular flexibility index (Phi) is 65.9. The molecule has 5 atom stereocenters. The lowest BCUT2D eigenvalue weighted by Gasteiger charge is -2.21. The number of hydrogen-bond donors (Lipinski definition) is 3. The molecule has 0 aliphatic rings. The molecule has 0 aliphatic carbocycles. The van der Waals surface area contributed by atoms with Crippen molar-refractivity contribution >= 4 is 39.5 Å². The van der Waals surface area contributed by atoms with Crippen LogP contribution in [0.3, 0.4) is 0 Å². The van der Waals surface area contributed by atoms with Gasteiger partial charge in [-0.1, -0.05) is 281 Å². The zero-order chi connectivity index (χ0) is 69.0. The van der Waals surface area contributed by atoms with Crippen LogP contribution in [0.25, 0.3) is 0 Å². The number of ether oxygens (including phenoxy) is 4. The fraction of sp³-hybridized carbons (Fsp3) is 0.813. The van der Waals surface area contributed by atoms with Crippen molar-refractivity contribution < 1.29 is 80.2 Å². The number of esters is 4. The highest BCUT2D eigenvalue weighted by atomic mass is 31.2. The quantitative estimate of drug-likeness (QED) is 0.0169. The number of carbonyl (C=O) groups excluding carboxylic acids is 4. The Morgan fingerprint density at radius 2 is 0.553 bits per heavy atom. The van der Waals surface area contributed by atoms with Gasteiger partial charge in [0, 0.05) is 25.7 Å². The molecule has 0 aromatic rings. The van der Waals surface area contributed by atoms with Gasteiger partial charge in [0.2, 0.25) is 0 Å². The second kappa shape index (κ2) is 68.3. The maximum Gasteiger partial charge on any atom is 0.472 e. The Morgan fingerprint density at radius 3 is 0.883 bits per heavy atom. The third-order valence-corrected chi connectivity index (χ3v) is 17.9. The number of phosphoric ester groups is 2. The number of aliphatic hydroxyl groups is 1. The summed E-state index contributed by atoms with van der Waals surface area (Å²) >= 11 is 0. The van der Waals surface area contributed by atoms with E-state index in [1.165, 1.54) is 128 Å². The summed E-state index contributed by atoms with van der Waals surface area (Å²) in [7, 11) is -9.94. The minimum Gasteiger partial charge on any atom is -0.462 e. The lowest BCUT2D eigenvalue weighted by atomic mass is 10.0. The van der Waals surface area contributed by atoms with E-state index in [1.807, 2.05) is 0 Å². The van der Waals surface area contributed by atoms with Gasteiger partial charge in [-0.2, -0.15) is 0 Å². The van der Waals surface area contributed by atoms with Gasteiger partial charge in [0.15, 0.2) is 12.2 Å². The van der Waals surface area contributed by atoms with E-state index in [9.17, 15) is 43.2 Å². The van der Waals surface area contributed by atoms with Gasteiger partial charge >= 0.3 is 39.5 Å². The molecule has 0 saturated heterocycles. The van der Waals surface area contributed by atoms with Crippen LogP contribution in [0, 0.1) is 0 Å². The maximum atomic E-state index is 13.0. The van der Waals surface area contributed by atoms with Gasteiger partial charge < -0.3 is 33.8 Å². The number of aliphatic hydroxyl groups excluding tert-OH is 1. The predicted octanol–water partition coefficient (Wildman–Crippen LogP) is 21.1. The van der Waals surface area contributed by atoms with Crippen molar-refractivity contribution in [3.63, 3.8) is 0 Å². The minimum atomic E-state index is -4.97. The van der Waals surface area contributed by atoms with Crippen molar-refractivity contribution in [2.24, 2.45) is 0 Å². The second-order valence-corrected chi connectivity index (χ2v) is 28.1. The molecule has 0 saturated carbocycles. The molecule has 0 aliphatic heterocycles. The molecule has 3 N–H and O–H groups in total. The van der Waals surface area contributed by atoms with E-state index in [0.29, 0.717) is 25.7 Å². The fourth-order valence-corrected chi connectivity index (χ4v) is 11.8. The van der Waals surface area contributed by atoms with E-state index < -0.39 is 97.5 Å². The molecule has 0 fully saturated rings. The van der Waals surface area contributed by atoms with Gasteiger partial charge in [-0.25, -0.2) is 9.13 Å². The van der Waals surface area contributed by atoms with Gasteiger partial charge in [-0.15, -0.1) is 0 Å². The molecule has 548 valence electrons. The van der Waals surface area contributed by atoms with Crippen molar-refractivity contribution in [3.05, 3.63) is 60.8 Å². The van der Waals surface area contributed by atoms with Gasteiger partial charge in [0.1, 0.15) is 19.3 Å². The SMILES string of the molecule is CC/C=C\C/C=C\C/C=C\C/C=C\CCCCC(=O)OCC(COP(=O)(O)OCC(O)COP(=O)(O)OCC(COC(=O)CCCCCCC/C=C\CCCCCCCC)OC(=O)CCCCCCCCCCCCCCC)OC(=O)CCCCCCCCCCCCC. The lowest BCUT2D eigenvalue weighted by Crippen LogP contribution is -2.30. The average molecular weight is 1370 g/mol. The zero-order valence-corrected chi connectivity index (χ0v) is 61.4. The van der Waals surface area contributed by atoms with E-state index in [4.69, 9.17) is 37.0 Å². The molecule has 0 amide bonds. The first-order valence-electron chi connectivity index (χ1n) is 37.5. The first-order valence-corrected chi connectivity index (χ1v) is 40.5. The summed E-state index contributed by atoms with van der Waals surface area (Å²) in [5, 5.41) is 10.6. The maximum absolute atomic E-state index is 13.0. The standard InChI is InChI=1S/C75H136O17P2/c1-5-9-13-17-21-25-29-32-34-37-40-43-47-51-55-59-72(77)85-65-70(91-74(79)61-57-53-49-45-39-28-24-20-16-12-8-4)67-89-93(81,82)87-63-69(76)64-88-94(83,84)90-68-71(92-75(80)62-58-54-50-46-42-36-31-27-23-19-15-11-7-3)66-86-73(78)60-56-52-48-44-41-38-35-33-30-26-22-18-14-10-6-2/h9,13,21,25,32-35,40,43,69-71,76H,5-8,10-12,14-20,22-24,26-31,36-39,41-42,44-68H2,1-4H3,(H,81,82)(H,83,84)/b13-9-,25-21-,34-32-,35-33-,43-40-. The van der Waals surface area contributed by atoms with E-state index in [1.54, 1.807) is 0 Å². The number of unbranched alkanes of at least 4 members (excludes halogenated alkanes) is 35. The average Bonchev–Trinajstić information content (AvgIpc) is 1.35. The van der Waals surface area contributed by atoms with E-state index in [-0.39, 0.29) is 25.7 Å². The summed E-state index contributed by atoms with van der Waals surface area (Å²) in [5.41, 5.74) is 0. The highest BCUT2D eigenvalue weighted by Crippen LogP contribution is 2.45. The summed E-state index contributed by atoms with van der Waals surface area (Å²) in [6.07, 6.45) is 65.1. The Labute approximate surface area is 571 Å². The second-order valence-electron chi connectivity index (χ2n) is 25.2. The van der Waals surface area contributed by atoms with E-state index >= 15 is 0 Å². The van der Waals surface area contributed by atoms with Crippen LogP contribution < -0.4 is 0 Å².